The SMILES string of the molecule is CCN(CC)S(=O)(=O)c1ccc(C(=O)NC(c2ccc(F)cc2)C(C)C)cc1. The average molecular weight is 407 g/mol. The predicted molar refractivity (Wildman–Crippen MR) is 108 cm³/mol. The summed E-state index contributed by atoms with van der Waals surface area (Å²) >= 11 is 0. The smallest absolute Gasteiger partial charge is 0.251 e. The molecule has 28 heavy (non-hydrogen) atoms. The van der Waals surface area contributed by atoms with Crippen LogP contribution in [0.15, 0.2) is 53.4 Å². The third kappa shape index (κ3) is 4.97. The lowest BCUT2D eigenvalue weighted by atomic mass is 9.95. The Morgan fingerprint density at radius 1 is 1.00 bits per heavy atom. The molecular formula is C21H27FN2O3S. The average Bonchev–Trinajstić information content (AvgIpc) is 2.67. The number of halogens is 1. The maximum absolute atomic E-state index is 13.2. The molecule has 2 aromatic rings. The van der Waals surface area contributed by atoms with Crippen LogP contribution in [-0.4, -0.2) is 31.7 Å². The fourth-order valence-corrected chi connectivity index (χ4v) is 4.48. The molecular weight excluding hydrogens is 379 g/mol. The molecule has 1 amide bonds. The van der Waals surface area contributed by atoms with Gasteiger partial charge in [0.2, 0.25) is 10.0 Å². The Labute approximate surface area is 166 Å². The van der Waals surface area contributed by atoms with Gasteiger partial charge in [0.1, 0.15) is 5.82 Å². The number of carbonyl (C=O) groups is 1. The lowest BCUT2D eigenvalue weighted by molar-refractivity contribution is 0.0925. The number of rotatable bonds is 8. The molecule has 1 N–H and O–H groups in total. The highest BCUT2D eigenvalue weighted by atomic mass is 32.2. The first kappa shape index (κ1) is 22.0. The number of hydrogen-bond acceptors (Lipinski definition) is 3. The van der Waals surface area contributed by atoms with Crippen LogP contribution in [-0.2, 0) is 10.0 Å². The quantitative estimate of drug-likeness (QED) is 0.721. The molecule has 0 bridgehead atoms. The van der Waals surface area contributed by atoms with Crippen LogP contribution in [0.25, 0.3) is 0 Å². The first-order valence-electron chi connectivity index (χ1n) is 9.37. The first-order valence-corrected chi connectivity index (χ1v) is 10.8. The molecule has 0 aromatic heterocycles. The number of nitrogens with zero attached hydrogens (tertiary/aromatic N) is 1. The van der Waals surface area contributed by atoms with Crippen LogP contribution in [0.1, 0.15) is 49.7 Å². The minimum absolute atomic E-state index is 0.0942. The van der Waals surface area contributed by atoms with E-state index in [1.165, 1.54) is 40.7 Å². The van der Waals surface area contributed by atoms with E-state index in [1.54, 1.807) is 26.0 Å². The van der Waals surface area contributed by atoms with Crippen molar-refractivity contribution in [1.29, 1.82) is 0 Å². The van der Waals surface area contributed by atoms with Gasteiger partial charge in [0.15, 0.2) is 0 Å². The fourth-order valence-electron chi connectivity index (χ4n) is 3.02. The van der Waals surface area contributed by atoms with Gasteiger partial charge in [-0.15, -0.1) is 0 Å². The van der Waals surface area contributed by atoms with Gasteiger partial charge < -0.3 is 5.32 Å². The van der Waals surface area contributed by atoms with Crippen LogP contribution < -0.4 is 5.32 Å². The topological polar surface area (TPSA) is 66.5 Å². The lowest BCUT2D eigenvalue weighted by Crippen LogP contribution is -2.32. The number of benzene rings is 2. The second kappa shape index (κ2) is 9.30. The van der Waals surface area contributed by atoms with Crippen molar-refractivity contribution >= 4 is 15.9 Å². The van der Waals surface area contributed by atoms with Gasteiger partial charge in [0.25, 0.3) is 5.91 Å². The van der Waals surface area contributed by atoms with Crippen molar-refractivity contribution in [3.63, 3.8) is 0 Å². The summed E-state index contributed by atoms with van der Waals surface area (Å²) in [6, 6.07) is 11.7. The molecule has 7 heteroatoms. The van der Waals surface area contributed by atoms with E-state index in [0.29, 0.717) is 18.7 Å². The standard InChI is InChI=1S/C21H27FN2O3S/c1-5-24(6-2)28(26,27)19-13-9-17(10-14-19)21(25)23-20(15(3)4)16-7-11-18(22)12-8-16/h7-15,20H,5-6H2,1-4H3,(H,23,25). The number of amides is 1. The summed E-state index contributed by atoms with van der Waals surface area (Å²) in [6.07, 6.45) is 0. The van der Waals surface area contributed by atoms with Gasteiger partial charge in [0, 0.05) is 18.7 Å². The molecule has 2 rings (SSSR count). The summed E-state index contributed by atoms with van der Waals surface area (Å²) < 4.78 is 39.6. The normalized spacial score (nSPS) is 13.0. The molecule has 0 radical (unpaired) electrons. The van der Waals surface area contributed by atoms with Crippen LogP contribution >= 0.6 is 0 Å². The molecule has 2 aromatic carbocycles. The van der Waals surface area contributed by atoms with Crippen LogP contribution in [0.3, 0.4) is 0 Å². The summed E-state index contributed by atoms with van der Waals surface area (Å²) in [5, 5.41) is 2.95. The summed E-state index contributed by atoms with van der Waals surface area (Å²) in [7, 11) is -3.56. The zero-order valence-electron chi connectivity index (χ0n) is 16.6. The minimum Gasteiger partial charge on any atom is -0.345 e. The summed E-state index contributed by atoms with van der Waals surface area (Å²) in [4.78, 5) is 12.8. The summed E-state index contributed by atoms with van der Waals surface area (Å²) in [6.45, 7) is 8.26. The highest BCUT2D eigenvalue weighted by molar-refractivity contribution is 7.89. The monoisotopic (exact) mass is 406 g/mol. The molecule has 5 nitrogen and oxygen atoms in total. The molecule has 152 valence electrons. The minimum atomic E-state index is -3.56. The van der Waals surface area contributed by atoms with Crippen molar-refractivity contribution in [2.75, 3.05) is 13.1 Å². The van der Waals surface area contributed by atoms with Crippen LogP contribution in [0, 0.1) is 11.7 Å². The molecule has 0 aliphatic carbocycles. The lowest BCUT2D eigenvalue weighted by Gasteiger charge is -2.23. The van der Waals surface area contributed by atoms with E-state index in [4.69, 9.17) is 0 Å². The second-order valence-corrected chi connectivity index (χ2v) is 8.80. The Morgan fingerprint density at radius 3 is 2.00 bits per heavy atom. The Balaban J connectivity index is 2.21. The molecule has 0 saturated heterocycles. The number of hydrogen-bond donors (Lipinski definition) is 1. The highest BCUT2D eigenvalue weighted by Crippen LogP contribution is 2.23. The zero-order chi connectivity index (χ0) is 20.9. The Morgan fingerprint density at radius 2 is 1.54 bits per heavy atom. The van der Waals surface area contributed by atoms with Crippen molar-refractivity contribution < 1.29 is 17.6 Å². The molecule has 0 saturated carbocycles. The summed E-state index contributed by atoms with van der Waals surface area (Å²) in [5.41, 5.74) is 1.18. The van der Waals surface area contributed by atoms with Gasteiger partial charge >= 0.3 is 0 Å². The van der Waals surface area contributed by atoms with Gasteiger partial charge in [-0.2, -0.15) is 4.31 Å². The van der Waals surface area contributed by atoms with E-state index in [-0.39, 0.29) is 28.6 Å². The molecule has 0 heterocycles. The van der Waals surface area contributed by atoms with E-state index in [9.17, 15) is 17.6 Å². The molecule has 1 unspecified atom stereocenters. The maximum atomic E-state index is 13.2. The third-order valence-corrected chi connectivity index (χ3v) is 6.71. The second-order valence-electron chi connectivity index (χ2n) is 6.86. The van der Waals surface area contributed by atoms with Gasteiger partial charge in [-0.1, -0.05) is 39.8 Å². The number of carbonyl (C=O) groups excluding carboxylic acids is 1. The summed E-state index contributed by atoms with van der Waals surface area (Å²) in [5.74, 6) is -0.547. The Bertz CT molecular complexity index is 890. The Hall–Kier alpha value is -2.25. The highest BCUT2D eigenvalue weighted by Gasteiger charge is 2.23. The molecule has 1 atom stereocenters. The third-order valence-electron chi connectivity index (χ3n) is 4.64. The number of sulfonamides is 1. The van der Waals surface area contributed by atoms with Crippen molar-refractivity contribution in [1.82, 2.24) is 9.62 Å². The zero-order valence-corrected chi connectivity index (χ0v) is 17.5. The van der Waals surface area contributed by atoms with E-state index < -0.39 is 10.0 Å². The molecule has 0 aliphatic heterocycles. The Kier molecular flexibility index (Phi) is 7.32. The largest absolute Gasteiger partial charge is 0.345 e. The molecule has 0 spiro atoms. The van der Waals surface area contributed by atoms with Crippen molar-refractivity contribution in [2.24, 2.45) is 5.92 Å². The maximum Gasteiger partial charge on any atom is 0.251 e. The van der Waals surface area contributed by atoms with Gasteiger partial charge in [-0.3, -0.25) is 4.79 Å². The van der Waals surface area contributed by atoms with E-state index in [2.05, 4.69) is 5.32 Å². The van der Waals surface area contributed by atoms with Crippen molar-refractivity contribution in [3.05, 3.63) is 65.5 Å². The van der Waals surface area contributed by atoms with Crippen LogP contribution in [0.2, 0.25) is 0 Å². The van der Waals surface area contributed by atoms with Crippen molar-refractivity contribution in [2.45, 2.75) is 38.6 Å². The van der Waals surface area contributed by atoms with E-state index in [0.717, 1.165) is 5.56 Å². The van der Waals surface area contributed by atoms with E-state index >= 15 is 0 Å². The predicted octanol–water partition coefficient (Wildman–Crippen LogP) is 3.98. The van der Waals surface area contributed by atoms with Gasteiger partial charge in [-0.25, -0.2) is 12.8 Å². The van der Waals surface area contributed by atoms with Crippen LogP contribution in [0.4, 0.5) is 4.39 Å². The molecule has 0 aliphatic rings. The van der Waals surface area contributed by atoms with Crippen molar-refractivity contribution in [3.8, 4) is 0 Å². The van der Waals surface area contributed by atoms with E-state index in [1.807, 2.05) is 13.8 Å². The van der Waals surface area contributed by atoms with Crippen LogP contribution in [0.5, 0.6) is 0 Å². The first-order chi connectivity index (χ1) is 13.2. The molecule has 0 fully saturated rings. The van der Waals surface area contributed by atoms with Gasteiger partial charge in [0.05, 0.1) is 10.9 Å². The van der Waals surface area contributed by atoms with Gasteiger partial charge in [-0.05, 0) is 47.9 Å². The number of nitrogens with one attached hydrogen (secondary N) is 1. The fraction of sp³-hybridized carbons (Fsp3) is 0.381.